The Balaban J connectivity index is 0.00000108. The summed E-state index contributed by atoms with van der Waals surface area (Å²) in [5, 5.41) is 4.83. The van der Waals surface area contributed by atoms with Crippen molar-refractivity contribution >= 4 is 8.03 Å². The highest BCUT2D eigenvalue weighted by molar-refractivity contribution is 7.35. The summed E-state index contributed by atoms with van der Waals surface area (Å²) in [5.41, 5.74) is 3.31. The van der Waals surface area contributed by atoms with Crippen molar-refractivity contribution in [3.05, 3.63) is 11.6 Å². The van der Waals surface area contributed by atoms with Gasteiger partial charge in [0.1, 0.15) is 13.2 Å². The second-order valence-corrected chi connectivity index (χ2v) is 6.49. The van der Waals surface area contributed by atoms with Crippen LogP contribution in [-0.4, -0.2) is 23.5 Å². The molecule has 0 amide bonds. The van der Waals surface area contributed by atoms with Crippen molar-refractivity contribution in [2.75, 3.05) is 19.1 Å². The summed E-state index contributed by atoms with van der Waals surface area (Å²) >= 11 is 0. The van der Waals surface area contributed by atoms with Crippen LogP contribution in [0.3, 0.4) is 0 Å². The topological polar surface area (TPSA) is 73.9 Å². The predicted octanol–water partition coefficient (Wildman–Crippen LogP) is 2.55. The minimum absolute atomic E-state index is 1.04. The molecule has 0 saturated heterocycles. The molecule has 0 bridgehead atoms. The maximum Gasteiger partial charge on any atom is 0.305 e. The molecule has 7 heteroatoms. The Morgan fingerprint density at radius 2 is 1.65 bits per heavy atom. The van der Waals surface area contributed by atoms with E-state index in [0.717, 1.165) is 26.1 Å². The average Bonchev–Trinajstić information content (AvgIpc) is 2.84. The molecule has 1 aromatic heterocycles. The lowest BCUT2D eigenvalue weighted by atomic mass is 10.2. The highest BCUT2D eigenvalue weighted by atomic mass is 31.1. The number of nitrogens with one attached hydrogen (secondary N) is 1. The fraction of sp³-hybridized carbons (Fsp3) is 0.875. The summed E-state index contributed by atoms with van der Waals surface area (Å²) < 4.78 is 13.5. The normalized spacial score (nSPS) is 11.0. The molecule has 0 fully saturated rings. The Labute approximate surface area is 142 Å². The third-order valence-corrected chi connectivity index (χ3v) is 3.51. The Morgan fingerprint density at radius 3 is 2.13 bits per heavy atom. The molecule has 0 radical (unpaired) electrons. The molecule has 0 aromatic carbocycles. The van der Waals surface area contributed by atoms with E-state index in [1.165, 1.54) is 50.2 Å². The Morgan fingerprint density at radius 1 is 1.13 bits per heavy atom. The van der Waals surface area contributed by atoms with Gasteiger partial charge in [-0.15, -0.1) is 9.36 Å². The number of unbranched alkanes of at least 4 members (excludes halogenated alkanes) is 3. The number of nitrogens with zero attached hydrogens (tertiary/aromatic N) is 3. The van der Waals surface area contributed by atoms with E-state index in [0.29, 0.717) is 0 Å². The molecule has 1 aromatic rings. The molecule has 0 aliphatic rings. The van der Waals surface area contributed by atoms with Crippen molar-refractivity contribution in [3.63, 3.8) is 0 Å². The van der Waals surface area contributed by atoms with Gasteiger partial charge in [0.25, 0.3) is 5.82 Å². The first-order chi connectivity index (χ1) is 11.0. The van der Waals surface area contributed by atoms with Gasteiger partial charge in [0.05, 0.1) is 6.42 Å². The molecule has 0 aliphatic carbocycles. The van der Waals surface area contributed by atoms with Gasteiger partial charge in [-0.2, -0.15) is 0 Å². The van der Waals surface area contributed by atoms with Gasteiger partial charge in [-0.3, -0.25) is 5.43 Å². The van der Waals surface area contributed by atoms with E-state index in [-0.39, 0.29) is 0 Å². The largest absolute Gasteiger partial charge is 0.596 e. The van der Waals surface area contributed by atoms with Gasteiger partial charge < -0.3 is 4.89 Å². The van der Waals surface area contributed by atoms with E-state index in [4.69, 9.17) is 14.6 Å². The van der Waals surface area contributed by atoms with Gasteiger partial charge in [-0.1, -0.05) is 44.6 Å². The maximum atomic E-state index is 9.04. The highest BCUT2D eigenvalue weighted by Crippen LogP contribution is 2.07. The van der Waals surface area contributed by atoms with E-state index in [9.17, 15) is 0 Å². The van der Waals surface area contributed by atoms with Gasteiger partial charge in [-0.25, -0.2) is 0 Å². The third kappa shape index (κ3) is 9.01. The molecule has 1 rings (SSSR count). The molecule has 1 unspecified atom stereocenters. The lowest BCUT2D eigenvalue weighted by Crippen LogP contribution is -2.41. The molecule has 0 saturated carbocycles. The van der Waals surface area contributed by atoms with Crippen LogP contribution in [0, 0.1) is 0 Å². The third-order valence-electron chi connectivity index (χ3n) is 3.51. The minimum Gasteiger partial charge on any atom is -0.596 e. The first-order valence-electron chi connectivity index (χ1n) is 8.78. The van der Waals surface area contributed by atoms with E-state index < -0.39 is 8.03 Å². The number of rotatable bonds is 10. The molecule has 23 heavy (non-hydrogen) atoms. The van der Waals surface area contributed by atoms with Crippen molar-refractivity contribution in [3.8, 4) is 0 Å². The van der Waals surface area contributed by atoms with Crippen molar-refractivity contribution in [2.45, 2.75) is 78.7 Å². The van der Waals surface area contributed by atoms with Gasteiger partial charge in [0.15, 0.2) is 0 Å². The van der Waals surface area contributed by atoms with E-state index in [1.54, 1.807) is 0 Å². The molecule has 6 nitrogen and oxygen atoms in total. The molecule has 0 spiro atoms. The van der Waals surface area contributed by atoms with Crippen molar-refractivity contribution in [1.29, 1.82) is 0 Å². The monoisotopic (exact) mass is 345 g/mol. The molecule has 0 aliphatic heterocycles. The van der Waals surface area contributed by atoms with Crippen LogP contribution in [0.1, 0.15) is 70.9 Å². The zero-order valence-corrected chi connectivity index (χ0v) is 16.4. The average molecular weight is 345 g/mol. The molecule has 1 heterocycles. The van der Waals surface area contributed by atoms with Crippen LogP contribution in [0.15, 0.2) is 0 Å². The van der Waals surface area contributed by atoms with Crippen LogP contribution < -0.4 is 15.0 Å². The Kier molecular flexibility index (Phi) is 12.9. The SMILES string of the molecule is CCCCc1n[n+](CCCC)c(CCCC)n1NC.C[P+](=O)[O-]. The molecular formula is C16H34N4O2P+. The van der Waals surface area contributed by atoms with E-state index >= 15 is 0 Å². The smallest absolute Gasteiger partial charge is 0.305 e. The molecular weight excluding hydrogens is 311 g/mol. The van der Waals surface area contributed by atoms with Gasteiger partial charge in [0.2, 0.25) is 0 Å². The van der Waals surface area contributed by atoms with Crippen molar-refractivity contribution in [1.82, 2.24) is 9.77 Å². The minimum atomic E-state index is -2.12. The number of aryl methyl sites for hydroxylation is 2. The number of hydrogen-bond acceptors (Lipinski definition) is 4. The lowest BCUT2D eigenvalue weighted by Gasteiger charge is -2.02. The van der Waals surface area contributed by atoms with Gasteiger partial charge in [0, 0.05) is 13.5 Å². The Hall–Kier alpha value is -1.00. The van der Waals surface area contributed by atoms with Crippen LogP contribution in [0.2, 0.25) is 0 Å². The van der Waals surface area contributed by atoms with Crippen LogP contribution in [0.25, 0.3) is 0 Å². The van der Waals surface area contributed by atoms with Crippen LogP contribution in [0.4, 0.5) is 0 Å². The predicted molar refractivity (Wildman–Crippen MR) is 93.4 cm³/mol. The summed E-state index contributed by atoms with van der Waals surface area (Å²) in [5.74, 6) is 2.52. The first-order valence-corrected chi connectivity index (χ1v) is 10.4. The van der Waals surface area contributed by atoms with Crippen LogP contribution >= 0.6 is 8.03 Å². The summed E-state index contributed by atoms with van der Waals surface area (Å²) in [6.45, 7) is 8.88. The molecule has 1 N–H and O–H groups in total. The fourth-order valence-electron chi connectivity index (χ4n) is 2.32. The Bertz CT molecular complexity index is 446. The second-order valence-electron chi connectivity index (χ2n) is 5.61. The summed E-state index contributed by atoms with van der Waals surface area (Å²) in [6, 6.07) is 0. The summed E-state index contributed by atoms with van der Waals surface area (Å²) in [4.78, 5) is 9.04. The first kappa shape index (κ1) is 22.0. The van der Waals surface area contributed by atoms with E-state index in [1.807, 2.05) is 7.05 Å². The van der Waals surface area contributed by atoms with Crippen LogP contribution in [0.5, 0.6) is 0 Å². The zero-order valence-electron chi connectivity index (χ0n) is 15.5. The molecule has 134 valence electrons. The lowest BCUT2D eigenvalue weighted by molar-refractivity contribution is -0.759. The zero-order chi connectivity index (χ0) is 17.7. The molecule has 1 atom stereocenters. The quantitative estimate of drug-likeness (QED) is 0.522. The summed E-state index contributed by atoms with van der Waals surface area (Å²) in [6.07, 6.45) is 9.49. The summed E-state index contributed by atoms with van der Waals surface area (Å²) in [7, 11) is -0.124. The standard InChI is InChI=1S/C15H31N4.CH3O2P/c1-5-8-11-14-17-18(13-10-7-3)15(12-9-6-2)19(14)16-4;1-4(2)3/h16H,5-13H2,1-4H3;1H3/q+1;. The second kappa shape index (κ2) is 13.4. The van der Waals surface area contributed by atoms with Crippen molar-refractivity contribution in [2.24, 2.45) is 0 Å². The number of hydrogen-bond donors (Lipinski definition) is 1. The maximum absolute atomic E-state index is 9.04. The van der Waals surface area contributed by atoms with Gasteiger partial charge >= 0.3 is 13.9 Å². The number of aromatic nitrogens is 3. The van der Waals surface area contributed by atoms with Crippen LogP contribution in [-0.2, 0) is 24.0 Å². The van der Waals surface area contributed by atoms with Crippen molar-refractivity contribution < 1.29 is 14.1 Å². The fourth-order valence-corrected chi connectivity index (χ4v) is 2.32. The van der Waals surface area contributed by atoms with E-state index in [2.05, 4.69) is 35.6 Å². The highest BCUT2D eigenvalue weighted by Gasteiger charge is 2.23. The van der Waals surface area contributed by atoms with Gasteiger partial charge in [-0.05, 0) is 24.4 Å².